The molecule has 0 radical (unpaired) electrons. The summed E-state index contributed by atoms with van der Waals surface area (Å²) in [5, 5.41) is 4.62. The minimum absolute atomic E-state index is 0.0524. The van der Waals surface area contributed by atoms with E-state index in [-0.39, 0.29) is 24.1 Å². The Bertz CT molecular complexity index is 822. The minimum atomic E-state index is -0.896. The average Bonchev–Trinajstić information content (AvgIpc) is 3.08. The fourth-order valence-electron chi connectivity index (χ4n) is 3.20. The molecule has 1 aliphatic heterocycles. The van der Waals surface area contributed by atoms with Crippen LogP contribution in [0.3, 0.4) is 0 Å². The third kappa shape index (κ3) is 3.93. The van der Waals surface area contributed by atoms with Crippen LogP contribution >= 0.6 is 11.3 Å². The molecule has 1 N–H and O–H groups in total. The van der Waals surface area contributed by atoms with Crippen LogP contribution in [0.5, 0.6) is 0 Å². The molecule has 1 aliphatic rings. The van der Waals surface area contributed by atoms with Crippen molar-refractivity contribution in [3.05, 3.63) is 57.3 Å². The van der Waals surface area contributed by atoms with Gasteiger partial charge < -0.3 is 10.2 Å². The van der Waals surface area contributed by atoms with Crippen molar-refractivity contribution in [2.24, 2.45) is 0 Å². The molecular weight excluding hydrogens is 358 g/mol. The second kappa shape index (κ2) is 7.95. The molecule has 0 spiro atoms. The van der Waals surface area contributed by atoms with Crippen LogP contribution in [0.25, 0.3) is 0 Å². The zero-order valence-corrected chi connectivity index (χ0v) is 15.2. The molecule has 0 aliphatic carbocycles. The van der Waals surface area contributed by atoms with E-state index in [0.29, 0.717) is 25.5 Å². The van der Waals surface area contributed by atoms with Gasteiger partial charge in [0.15, 0.2) is 0 Å². The predicted octanol–water partition coefficient (Wildman–Crippen LogP) is 3.68. The predicted molar refractivity (Wildman–Crippen MR) is 96.1 cm³/mol. The summed E-state index contributed by atoms with van der Waals surface area (Å²) >= 11 is 1.73. The van der Waals surface area contributed by atoms with E-state index in [0.717, 1.165) is 18.6 Å². The molecular formula is C19H20F2N2O2S. The van der Waals surface area contributed by atoms with Crippen molar-refractivity contribution >= 4 is 23.2 Å². The number of hydrogen-bond donors (Lipinski definition) is 1. The molecule has 2 heterocycles. The van der Waals surface area contributed by atoms with Gasteiger partial charge in [-0.3, -0.25) is 9.59 Å². The highest BCUT2D eigenvalue weighted by Crippen LogP contribution is 2.33. The Morgan fingerprint density at radius 1 is 1.31 bits per heavy atom. The highest BCUT2D eigenvalue weighted by atomic mass is 32.1. The van der Waals surface area contributed by atoms with Gasteiger partial charge in [0.2, 0.25) is 5.91 Å². The zero-order chi connectivity index (χ0) is 18.7. The molecule has 1 aromatic heterocycles. The van der Waals surface area contributed by atoms with E-state index in [1.165, 1.54) is 10.4 Å². The van der Waals surface area contributed by atoms with Crippen LogP contribution in [0.4, 0.5) is 8.78 Å². The van der Waals surface area contributed by atoms with Crippen molar-refractivity contribution in [2.75, 3.05) is 13.1 Å². The summed E-state index contributed by atoms with van der Waals surface area (Å²) in [5.74, 6) is -2.18. The number of rotatable bonds is 5. The van der Waals surface area contributed by atoms with Gasteiger partial charge in [0.05, 0.1) is 11.6 Å². The van der Waals surface area contributed by atoms with Crippen molar-refractivity contribution in [1.29, 1.82) is 0 Å². The van der Waals surface area contributed by atoms with Gasteiger partial charge in [-0.15, -0.1) is 11.3 Å². The van der Waals surface area contributed by atoms with Crippen molar-refractivity contribution in [2.45, 2.75) is 32.2 Å². The molecule has 0 saturated carbocycles. The first-order valence-corrected chi connectivity index (χ1v) is 9.44. The summed E-state index contributed by atoms with van der Waals surface area (Å²) in [6.07, 6.45) is 1.66. The monoisotopic (exact) mass is 378 g/mol. The number of halogens is 2. The van der Waals surface area contributed by atoms with E-state index in [1.54, 1.807) is 11.3 Å². The minimum Gasteiger partial charge on any atom is -0.352 e. The fourth-order valence-corrected chi connectivity index (χ4v) is 4.17. The molecule has 3 rings (SSSR count). The second-order valence-electron chi connectivity index (χ2n) is 6.30. The summed E-state index contributed by atoms with van der Waals surface area (Å²) < 4.78 is 26.4. The molecule has 0 bridgehead atoms. The average molecular weight is 378 g/mol. The number of carbonyl (C=O) groups excluding carboxylic acids is 2. The quantitative estimate of drug-likeness (QED) is 0.807. The lowest BCUT2D eigenvalue weighted by Gasteiger charge is -2.33. The highest BCUT2D eigenvalue weighted by Gasteiger charge is 2.27. The largest absolute Gasteiger partial charge is 0.352 e. The topological polar surface area (TPSA) is 49.4 Å². The molecule has 2 amide bonds. The van der Waals surface area contributed by atoms with E-state index in [9.17, 15) is 18.4 Å². The molecule has 4 nitrogen and oxygen atoms in total. The van der Waals surface area contributed by atoms with Gasteiger partial charge in [-0.05, 0) is 48.9 Å². The standard InChI is InChI=1S/C19H20F2N2O2S/c1-12-14-7-10-26-17(14)6-9-23(12)18(24)3-2-8-22-19(25)15-5-4-13(20)11-16(15)21/h4-5,7,10-12H,2-3,6,8-9H2,1H3,(H,22,25)/t12-/m0/s1. The normalized spacial score (nSPS) is 16.3. The van der Waals surface area contributed by atoms with E-state index in [2.05, 4.69) is 16.8 Å². The first-order chi connectivity index (χ1) is 12.5. The third-order valence-corrected chi connectivity index (χ3v) is 5.62. The van der Waals surface area contributed by atoms with Gasteiger partial charge in [-0.25, -0.2) is 8.78 Å². The fraction of sp³-hybridized carbons (Fsp3) is 0.368. The Morgan fingerprint density at radius 3 is 2.88 bits per heavy atom. The Balaban J connectivity index is 1.46. The van der Waals surface area contributed by atoms with Gasteiger partial charge in [0.25, 0.3) is 5.91 Å². The van der Waals surface area contributed by atoms with Crippen molar-refractivity contribution in [3.8, 4) is 0 Å². The highest BCUT2D eigenvalue weighted by molar-refractivity contribution is 7.10. The van der Waals surface area contributed by atoms with Crippen LogP contribution < -0.4 is 5.32 Å². The Labute approximate surface area is 154 Å². The van der Waals surface area contributed by atoms with Crippen LogP contribution in [0.1, 0.15) is 46.6 Å². The number of nitrogens with one attached hydrogen (secondary N) is 1. The van der Waals surface area contributed by atoms with E-state index < -0.39 is 17.5 Å². The Morgan fingerprint density at radius 2 is 2.12 bits per heavy atom. The van der Waals surface area contributed by atoms with Crippen molar-refractivity contribution in [3.63, 3.8) is 0 Å². The van der Waals surface area contributed by atoms with E-state index in [1.807, 2.05) is 11.8 Å². The van der Waals surface area contributed by atoms with Crippen LogP contribution in [-0.4, -0.2) is 29.8 Å². The number of carbonyl (C=O) groups is 2. The Kier molecular flexibility index (Phi) is 5.66. The lowest BCUT2D eigenvalue weighted by atomic mass is 10.0. The summed E-state index contributed by atoms with van der Waals surface area (Å²) in [7, 11) is 0. The van der Waals surface area contributed by atoms with Crippen LogP contribution in [-0.2, 0) is 11.2 Å². The maximum Gasteiger partial charge on any atom is 0.254 e. The Hall–Kier alpha value is -2.28. The number of hydrogen-bond acceptors (Lipinski definition) is 3. The van der Waals surface area contributed by atoms with Gasteiger partial charge >= 0.3 is 0 Å². The smallest absolute Gasteiger partial charge is 0.254 e. The summed E-state index contributed by atoms with van der Waals surface area (Å²) in [6, 6.07) is 4.97. The van der Waals surface area contributed by atoms with Crippen LogP contribution in [0.15, 0.2) is 29.6 Å². The van der Waals surface area contributed by atoms with Crippen LogP contribution in [0.2, 0.25) is 0 Å². The summed E-state index contributed by atoms with van der Waals surface area (Å²) in [4.78, 5) is 27.6. The SMILES string of the molecule is C[C@H]1c2ccsc2CCN1C(=O)CCCNC(=O)c1ccc(F)cc1F. The maximum absolute atomic E-state index is 13.6. The molecule has 0 unspecified atom stereocenters. The molecule has 1 aromatic carbocycles. The van der Waals surface area contributed by atoms with Crippen LogP contribution in [0, 0.1) is 11.6 Å². The van der Waals surface area contributed by atoms with Gasteiger partial charge in [0, 0.05) is 30.5 Å². The molecule has 26 heavy (non-hydrogen) atoms. The molecule has 7 heteroatoms. The van der Waals surface area contributed by atoms with Gasteiger partial charge in [0.1, 0.15) is 11.6 Å². The maximum atomic E-state index is 13.6. The number of benzene rings is 1. The number of nitrogens with zero attached hydrogens (tertiary/aromatic N) is 1. The number of amides is 2. The number of thiophene rings is 1. The molecule has 1 atom stereocenters. The molecule has 0 fully saturated rings. The molecule has 0 saturated heterocycles. The second-order valence-corrected chi connectivity index (χ2v) is 7.30. The molecule has 138 valence electrons. The van der Waals surface area contributed by atoms with Crippen molar-refractivity contribution in [1.82, 2.24) is 10.2 Å². The zero-order valence-electron chi connectivity index (χ0n) is 14.4. The van der Waals surface area contributed by atoms with Gasteiger partial charge in [-0.1, -0.05) is 0 Å². The third-order valence-electron chi connectivity index (χ3n) is 4.63. The van der Waals surface area contributed by atoms with E-state index >= 15 is 0 Å². The summed E-state index contributed by atoms with van der Waals surface area (Å²) in [6.45, 7) is 3.00. The van der Waals surface area contributed by atoms with E-state index in [4.69, 9.17) is 0 Å². The lowest BCUT2D eigenvalue weighted by molar-refractivity contribution is -0.133. The van der Waals surface area contributed by atoms with Crippen molar-refractivity contribution < 1.29 is 18.4 Å². The van der Waals surface area contributed by atoms with Gasteiger partial charge in [-0.2, -0.15) is 0 Å². The first-order valence-electron chi connectivity index (χ1n) is 8.56. The first kappa shape index (κ1) is 18.5. The number of fused-ring (bicyclic) bond motifs is 1. The lowest BCUT2D eigenvalue weighted by Crippen LogP contribution is -2.38. The summed E-state index contributed by atoms with van der Waals surface area (Å²) in [5.41, 5.74) is 1.02. The molecule has 2 aromatic rings.